The molecule has 0 fully saturated rings. The number of nitriles is 1. The first-order valence-corrected chi connectivity index (χ1v) is 11.3. The number of rotatable bonds is 5. The third-order valence-corrected chi connectivity index (χ3v) is 7.25. The summed E-state index contributed by atoms with van der Waals surface area (Å²) in [6.45, 7) is 8.77. The molecule has 2 aromatic heterocycles. The molecule has 2 heterocycles. The van der Waals surface area contributed by atoms with Crippen LogP contribution in [0.4, 0.5) is 11.6 Å². The zero-order valence-corrected chi connectivity index (χ0v) is 18.7. The molecular formula is C20H20N4O4S2. The van der Waals surface area contributed by atoms with Crippen molar-refractivity contribution in [1.29, 1.82) is 5.26 Å². The van der Waals surface area contributed by atoms with Gasteiger partial charge in [0.25, 0.3) is 15.9 Å². The van der Waals surface area contributed by atoms with Crippen LogP contribution >= 0.6 is 11.3 Å². The fourth-order valence-corrected chi connectivity index (χ4v) is 5.45. The summed E-state index contributed by atoms with van der Waals surface area (Å²) < 4.78 is 33.1. The van der Waals surface area contributed by atoms with Crippen molar-refractivity contribution in [2.24, 2.45) is 0 Å². The van der Waals surface area contributed by atoms with Gasteiger partial charge in [0.1, 0.15) is 9.77 Å². The molecule has 3 rings (SSSR count). The lowest BCUT2D eigenvalue weighted by Crippen LogP contribution is -2.19. The number of nitrogens with zero attached hydrogens (tertiary/aromatic N) is 2. The molecule has 0 atom stereocenters. The molecule has 1 aromatic carbocycles. The van der Waals surface area contributed by atoms with Crippen LogP contribution in [0.5, 0.6) is 0 Å². The van der Waals surface area contributed by atoms with E-state index in [9.17, 15) is 18.5 Å². The number of carbonyl (C=O) groups is 1. The highest BCUT2D eigenvalue weighted by Gasteiger charge is 2.27. The first-order valence-electron chi connectivity index (χ1n) is 8.92. The van der Waals surface area contributed by atoms with E-state index < -0.39 is 15.9 Å². The Balaban J connectivity index is 1.95. The van der Waals surface area contributed by atoms with Gasteiger partial charge >= 0.3 is 0 Å². The summed E-state index contributed by atoms with van der Waals surface area (Å²) in [5, 5.41) is 17.4. The van der Waals surface area contributed by atoms with E-state index in [1.807, 2.05) is 19.9 Å². The van der Waals surface area contributed by atoms with E-state index in [4.69, 9.17) is 4.52 Å². The molecule has 0 aliphatic heterocycles. The summed E-state index contributed by atoms with van der Waals surface area (Å²) >= 11 is 1.01. The molecule has 0 spiro atoms. The Labute approximate surface area is 178 Å². The Morgan fingerprint density at radius 3 is 2.47 bits per heavy atom. The minimum absolute atomic E-state index is 0.00828. The van der Waals surface area contributed by atoms with Crippen molar-refractivity contribution in [2.75, 3.05) is 10.0 Å². The number of nitrogens with one attached hydrogen (secondary N) is 2. The smallest absolute Gasteiger partial charge is 0.267 e. The van der Waals surface area contributed by atoms with Gasteiger partial charge < -0.3 is 9.84 Å². The van der Waals surface area contributed by atoms with Crippen molar-refractivity contribution >= 4 is 38.8 Å². The van der Waals surface area contributed by atoms with Gasteiger partial charge in [-0.1, -0.05) is 11.2 Å². The number of anilines is 2. The lowest BCUT2D eigenvalue weighted by atomic mass is 9.98. The number of carbonyl (C=O) groups excluding carboxylic acids is 1. The monoisotopic (exact) mass is 444 g/mol. The van der Waals surface area contributed by atoms with Crippen LogP contribution in [0.3, 0.4) is 0 Å². The van der Waals surface area contributed by atoms with Crippen LogP contribution in [0.15, 0.2) is 26.9 Å². The van der Waals surface area contributed by atoms with E-state index >= 15 is 0 Å². The Hall–Kier alpha value is -3.16. The standard InChI is InChI=1S/C20H20N4O4S2/c1-10-8-11(2)17(13(4)15(10)9-21)22-19(25)18-16(6-7-29-18)30(26,27)24-20-12(3)14(5)23-28-20/h6-8,24H,1-5H3,(H,22,25). The molecule has 0 saturated heterocycles. The van der Waals surface area contributed by atoms with Crippen LogP contribution in [0.2, 0.25) is 0 Å². The number of hydrogen-bond acceptors (Lipinski definition) is 7. The molecular weight excluding hydrogens is 424 g/mol. The van der Waals surface area contributed by atoms with Crippen LogP contribution in [0.25, 0.3) is 0 Å². The van der Waals surface area contributed by atoms with Crippen molar-refractivity contribution < 1.29 is 17.7 Å². The van der Waals surface area contributed by atoms with E-state index in [0.717, 1.165) is 22.5 Å². The highest BCUT2D eigenvalue weighted by molar-refractivity contribution is 7.93. The molecule has 10 heteroatoms. The topological polar surface area (TPSA) is 125 Å². The van der Waals surface area contributed by atoms with E-state index in [0.29, 0.717) is 28.1 Å². The number of hydrogen-bond donors (Lipinski definition) is 2. The fraction of sp³-hybridized carbons (Fsp3) is 0.250. The summed E-state index contributed by atoms with van der Waals surface area (Å²) in [5.41, 5.74) is 4.33. The van der Waals surface area contributed by atoms with Crippen molar-refractivity contribution in [3.8, 4) is 6.07 Å². The number of thiophene rings is 1. The largest absolute Gasteiger partial charge is 0.337 e. The summed E-state index contributed by atoms with van der Waals surface area (Å²) in [7, 11) is -4.07. The molecule has 1 amide bonds. The number of aromatic nitrogens is 1. The highest BCUT2D eigenvalue weighted by atomic mass is 32.2. The molecule has 0 aliphatic rings. The van der Waals surface area contributed by atoms with Gasteiger partial charge in [0.05, 0.1) is 17.3 Å². The van der Waals surface area contributed by atoms with E-state index in [1.54, 1.807) is 20.8 Å². The van der Waals surface area contributed by atoms with Crippen molar-refractivity contribution in [2.45, 2.75) is 39.5 Å². The van der Waals surface area contributed by atoms with E-state index in [2.05, 4.69) is 21.3 Å². The first kappa shape index (κ1) is 21.5. The second kappa shape index (κ2) is 7.93. The summed E-state index contributed by atoms with van der Waals surface area (Å²) in [6, 6.07) is 5.30. The molecule has 3 aromatic rings. The number of sulfonamides is 1. The minimum atomic E-state index is -4.07. The van der Waals surface area contributed by atoms with Gasteiger partial charge in [-0.05, 0) is 62.8 Å². The second-order valence-electron chi connectivity index (χ2n) is 6.89. The van der Waals surface area contributed by atoms with Crippen LogP contribution < -0.4 is 10.0 Å². The van der Waals surface area contributed by atoms with E-state index in [-0.39, 0.29) is 15.7 Å². The molecule has 0 bridgehead atoms. The third-order valence-electron chi connectivity index (χ3n) is 4.83. The Morgan fingerprint density at radius 2 is 1.87 bits per heavy atom. The number of amides is 1. The van der Waals surface area contributed by atoms with Gasteiger partial charge in [-0.15, -0.1) is 11.3 Å². The summed E-state index contributed by atoms with van der Waals surface area (Å²) in [4.78, 5) is 12.8. The van der Waals surface area contributed by atoms with Crippen molar-refractivity contribution in [1.82, 2.24) is 5.16 Å². The van der Waals surface area contributed by atoms with Gasteiger partial charge in [0.2, 0.25) is 5.88 Å². The van der Waals surface area contributed by atoms with Crippen molar-refractivity contribution in [3.05, 3.63) is 55.9 Å². The summed E-state index contributed by atoms with van der Waals surface area (Å²) in [5.74, 6) is -0.566. The maximum absolute atomic E-state index is 12.9. The number of benzene rings is 1. The third kappa shape index (κ3) is 3.81. The van der Waals surface area contributed by atoms with Gasteiger partial charge in [0.15, 0.2) is 0 Å². The molecule has 8 nitrogen and oxygen atoms in total. The zero-order valence-electron chi connectivity index (χ0n) is 17.1. The normalized spacial score (nSPS) is 11.2. The van der Waals surface area contributed by atoms with Crippen LogP contribution in [0, 0.1) is 45.9 Å². The van der Waals surface area contributed by atoms with Crippen LogP contribution in [-0.4, -0.2) is 19.5 Å². The predicted molar refractivity (Wildman–Crippen MR) is 114 cm³/mol. The zero-order chi connectivity index (χ0) is 22.2. The van der Waals surface area contributed by atoms with Gasteiger partial charge in [-0.2, -0.15) is 5.26 Å². The Morgan fingerprint density at radius 1 is 1.17 bits per heavy atom. The quantitative estimate of drug-likeness (QED) is 0.607. The molecule has 156 valence electrons. The minimum Gasteiger partial charge on any atom is -0.337 e. The average molecular weight is 445 g/mol. The van der Waals surface area contributed by atoms with Gasteiger partial charge in [0, 0.05) is 11.3 Å². The lowest BCUT2D eigenvalue weighted by Gasteiger charge is -2.15. The van der Waals surface area contributed by atoms with Gasteiger partial charge in [-0.3, -0.25) is 4.79 Å². The molecule has 0 unspecified atom stereocenters. The average Bonchev–Trinajstić information content (AvgIpc) is 3.28. The molecule has 0 aliphatic carbocycles. The summed E-state index contributed by atoms with van der Waals surface area (Å²) in [6.07, 6.45) is 0. The lowest BCUT2D eigenvalue weighted by molar-refractivity contribution is 0.102. The molecule has 30 heavy (non-hydrogen) atoms. The molecule has 2 N–H and O–H groups in total. The van der Waals surface area contributed by atoms with Crippen molar-refractivity contribution in [3.63, 3.8) is 0 Å². The first-order chi connectivity index (χ1) is 14.1. The van der Waals surface area contributed by atoms with Gasteiger partial charge in [-0.25, -0.2) is 13.1 Å². The van der Waals surface area contributed by atoms with Crippen LogP contribution in [0.1, 0.15) is 43.2 Å². The molecule has 0 radical (unpaired) electrons. The maximum Gasteiger partial charge on any atom is 0.267 e. The molecule has 0 saturated carbocycles. The number of aryl methyl sites for hydroxylation is 3. The predicted octanol–water partition coefficient (Wildman–Crippen LogP) is 4.20. The highest BCUT2D eigenvalue weighted by Crippen LogP contribution is 2.30. The Kier molecular flexibility index (Phi) is 5.70. The van der Waals surface area contributed by atoms with Crippen LogP contribution in [-0.2, 0) is 10.0 Å². The van der Waals surface area contributed by atoms with E-state index in [1.165, 1.54) is 11.4 Å². The Bertz CT molecular complexity index is 1300. The maximum atomic E-state index is 12.9. The SMILES string of the molecule is Cc1cc(C)c(NC(=O)c2sccc2S(=O)(=O)Nc2onc(C)c2C)c(C)c1C#N. The second-order valence-corrected chi connectivity index (χ2v) is 9.46. The fourth-order valence-electron chi connectivity index (χ4n) is 3.08.